The Kier molecular flexibility index (Phi) is 5.21. The van der Waals surface area contributed by atoms with Crippen LogP contribution in [0.15, 0.2) is 18.5 Å². The smallest absolute Gasteiger partial charge is 0.321 e. The molecule has 0 aromatic carbocycles. The summed E-state index contributed by atoms with van der Waals surface area (Å²) in [6.07, 6.45) is 3.75. The fourth-order valence-corrected chi connectivity index (χ4v) is 3.88. The zero-order valence-corrected chi connectivity index (χ0v) is 17.0. The van der Waals surface area contributed by atoms with Crippen molar-refractivity contribution in [1.82, 2.24) is 24.9 Å². The molecule has 3 aromatic heterocycles. The highest BCUT2D eigenvalue weighted by Gasteiger charge is 2.24. The van der Waals surface area contributed by atoms with Crippen molar-refractivity contribution in [3.8, 4) is 11.9 Å². The van der Waals surface area contributed by atoms with Crippen LogP contribution in [-0.2, 0) is 13.0 Å². The first-order valence-corrected chi connectivity index (χ1v) is 9.68. The monoisotopic (exact) mass is 413 g/mol. The molecule has 0 unspecified atom stereocenters. The van der Waals surface area contributed by atoms with Crippen molar-refractivity contribution < 1.29 is 14.3 Å². The average molecular weight is 413 g/mol. The largest absolute Gasteiger partial charge is 0.481 e. The molecule has 0 atom stereocenters. The molecule has 1 aliphatic rings. The van der Waals surface area contributed by atoms with Crippen molar-refractivity contribution in [2.24, 2.45) is 0 Å². The molecule has 0 bridgehead atoms. The lowest BCUT2D eigenvalue weighted by molar-refractivity contribution is 0.102. The van der Waals surface area contributed by atoms with Crippen LogP contribution in [-0.4, -0.2) is 51.6 Å². The summed E-state index contributed by atoms with van der Waals surface area (Å²) in [7, 11) is 3.07. The molecule has 11 heteroatoms. The summed E-state index contributed by atoms with van der Waals surface area (Å²) in [4.78, 5) is 36.8. The second-order valence-corrected chi connectivity index (χ2v) is 7.40. The minimum absolute atomic E-state index is 0.251. The van der Waals surface area contributed by atoms with Crippen LogP contribution < -0.4 is 19.7 Å². The standard InChI is InChI=1S/C18H19N7O3S/c1-10-7-20-12(8-19-10)16(26)24-18-21-11-4-5-25(9-13(11)29-18)14-6-15(27-2)23-17(22-14)28-3/h6-8H,4-5,9H2,1-3H3,(H,21,24,26). The van der Waals surface area contributed by atoms with Crippen molar-refractivity contribution >= 4 is 28.2 Å². The van der Waals surface area contributed by atoms with Gasteiger partial charge >= 0.3 is 6.01 Å². The van der Waals surface area contributed by atoms with E-state index in [2.05, 4.69) is 35.1 Å². The lowest BCUT2D eigenvalue weighted by atomic mass is 10.2. The Morgan fingerprint density at radius 2 is 2.03 bits per heavy atom. The maximum Gasteiger partial charge on any atom is 0.321 e. The van der Waals surface area contributed by atoms with Crippen molar-refractivity contribution in [3.63, 3.8) is 0 Å². The molecule has 0 spiro atoms. The van der Waals surface area contributed by atoms with Crippen LogP contribution in [0.25, 0.3) is 0 Å². The van der Waals surface area contributed by atoms with Crippen LogP contribution in [0.5, 0.6) is 11.9 Å². The van der Waals surface area contributed by atoms with Crippen molar-refractivity contribution in [2.45, 2.75) is 19.9 Å². The first kappa shape index (κ1) is 19.0. The van der Waals surface area contributed by atoms with Gasteiger partial charge in [-0.15, -0.1) is 0 Å². The maximum absolute atomic E-state index is 12.4. The van der Waals surface area contributed by atoms with E-state index in [0.29, 0.717) is 23.4 Å². The van der Waals surface area contributed by atoms with Gasteiger partial charge in [0.25, 0.3) is 5.91 Å². The minimum Gasteiger partial charge on any atom is -0.481 e. The van der Waals surface area contributed by atoms with Gasteiger partial charge in [-0.3, -0.25) is 15.1 Å². The number of carbonyl (C=O) groups is 1. The van der Waals surface area contributed by atoms with E-state index in [1.54, 1.807) is 19.4 Å². The third-order valence-electron chi connectivity index (χ3n) is 4.35. The summed E-state index contributed by atoms with van der Waals surface area (Å²) in [5.74, 6) is 0.827. The lowest BCUT2D eigenvalue weighted by Crippen LogP contribution is -2.30. The number of anilines is 2. The molecular weight excluding hydrogens is 394 g/mol. The van der Waals surface area contributed by atoms with Crippen LogP contribution in [0.3, 0.4) is 0 Å². The first-order valence-electron chi connectivity index (χ1n) is 8.86. The number of carbonyl (C=O) groups excluding carboxylic acids is 1. The van der Waals surface area contributed by atoms with Crippen LogP contribution in [0.2, 0.25) is 0 Å². The first-order chi connectivity index (χ1) is 14.1. The molecule has 0 fully saturated rings. The molecule has 0 radical (unpaired) electrons. The van der Waals surface area contributed by atoms with Crippen molar-refractivity contribution in [1.29, 1.82) is 0 Å². The van der Waals surface area contributed by atoms with E-state index in [1.807, 2.05) is 6.92 Å². The number of aryl methyl sites for hydroxylation is 1. The highest BCUT2D eigenvalue weighted by molar-refractivity contribution is 7.15. The summed E-state index contributed by atoms with van der Waals surface area (Å²) >= 11 is 1.44. The highest BCUT2D eigenvalue weighted by Crippen LogP contribution is 2.31. The maximum atomic E-state index is 12.4. The van der Waals surface area contributed by atoms with E-state index in [-0.39, 0.29) is 17.6 Å². The fourth-order valence-electron chi connectivity index (χ4n) is 2.87. The molecule has 1 amide bonds. The molecule has 4 heterocycles. The number of aromatic nitrogens is 5. The number of fused-ring (bicyclic) bond motifs is 1. The Balaban J connectivity index is 1.50. The van der Waals surface area contributed by atoms with Gasteiger partial charge < -0.3 is 14.4 Å². The van der Waals surface area contributed by atoms with Crippen LogP contribution in [0.4, 0.5) is 10.9 Å². The summed E-state index contributed by atoms with van der Waals surface area (Å²) < 4.78 is 10.4. The lowest BCUT2D eigenvalue weighted by Gasteiger charge is -2.27. The molecule has 29 heavy (non-hydrogen) atoms. The summed E-state index contributed by atoms with van der Waals surface area (Å²) in [5, 5.41) is 3.35. The van der Waals surface area contributed by atoms with Gasteiger partial charge in [-0.05, 0) is 6.92 Å². The Bertz CT molecular complexity index is 1020. The van der Waals surface area contributed by atoms with Crippen LogP contribution in [0, 0.1) is 6.92 Å². The number of amides is 1. The van der Waals surface area contributed by atoms with Gasteiger partial charge in [0.2, 0.25) is 5.88 Å². The van der Waals surface area contributed by atoms with Crippen molar-refractivity contribution in [3.05, 3.63) is 40.4 Å². The number of nitrogens with one attached hydrogen (secondary N) is 1. The average Bonchev–Trinajstić information content (AvgIpc) is 3.15. The van der Waals surface area contributed by atoms with Crippen molar-refractivity contribution in [2.75, 3.05) is 31.0 Å². The number of ether oxygens (including phenoxy) is 2. The minimum atomic E-state index is -0.328. The Hall–Kier alpha value is -3.34. The van der Waals surface area contributed by atoms with Gasteiger partial charge in [0, 0.05) is 30.1 Å². The van der Waals surface area contributed by atoms with E-state index in [9.17, 15) is 4.79 Å². The van der Waals surface area contributed by atoms with Gasteiger partial charge in [0.05, 0.1) is 38.3 Å². The van der Waals surface area contributed by atoms with E-state index in [0.717, 1.165) is 29.2 Å². The second kappa shape index (κ2) is 7.95. The third kappa shape index (κ3) is 4.09. The molecule has 150 valence electrons. The highest BCUT2D eigenvalue weighted by atomic mass is 32.1. The van der Waals surface area contributed by atoms with Gasteiger partial charge in [-0.2, -0.15) is 9.97 Å². The molecular formula is C18H19N7O3S. The van der Waals surface area contributed by atoms with Gasteiger partial charge in [0.1, 0.15) is 11.5 Å². The third-order valence-corrected chi connectivity index (χ3v) is 5.35. The Labute approximate surface area is 171 Å². The number of hydrogen-bond donors (Lipinski definition) is 1. The normalized spacial score (nSPS) is 13.0. The molecule has 1 N–H and O–H groups in total. The molecule has 0 saturated heterocycles. The molecule has 1 aliphatic heterocycles. The molecule has 4 rings (SSSR count). The number of nitrogens with zero attached hydrogens (tertiary/aromatic N) is 6. The van der Waals surface area contributed by atoms with Crippen LogP contribution in [0.1, 0.15) is 26.8 Å². The molecule has 10 nitrogen and oxygen atoms in total. The van der Waals surface area contributed by atoms with E-state index < -0.39 is 0 Å². The van der Waals surface area contributed by atoms with E-state index in [4.69, 9.17) is 9.47 Å². The van der Waals surface area contributed by atoms with Crippen LogP contribution >= 0.6 is 11.3 Å². The van der Waals surface area contributed by atoms with Gasteiger partial charge in [-0.25, -0.2) is 9.97 Å². The number of rotatable bonds is 5. The molecule has 0 saturated carbocycles. The summed E-state index contributed by atoms with van der Waals surface area (Å²) in [6, 6.07) is 2.02. The van der Waals surface area contributed by atoms with Gasteiger partial charge in [0.15, 0.2) is 5.13 Å². The second-order valence-electron chi connectivity index (χ2n) is 6.31. The predicted octanol–water partition coefficient (Wildman–Crippen LogP) is 1.86. The van der Waals surface area contributed by atoms with E-state index >= 15 is 0 Å². The number of hydrogen-bond acceptors (Lipinski definition) is 10. The fraction of sp³-hybridized carbons (Fsp3) is 0.333. The topological polar surface area (TPSA) is 115 Å². The molecule has 0 aliphatic carbocycles. The summed E-state index contributed by atoms with van der Waals surface area (Å²) in [6.45, 7) is 3.17. The summed E-state index contributed by atoms with van der Waals surface area (Å²) in [5.41, 5.74) is 1.99. The SMILES string of the molecule is COc1cc(N2CCc3nc(NC(=O)c4cnc(C)cn4)sc3C2)nc(OC)n1. The quantitative estimate of drug-likeness (QED) is 0.669. The van der Waals surface area contributed by atoms with Gasteiger partial charge in [-0.1, -0.05) is 11.3 Å². The van der Waals surface area contributed by atoms with E-state index in [1.165, 1.54) is 24.6 Å². The zero-order valence-electron chi connectivity index (χ0n) is 16.2. The number of thiazole rings is 1. The predicted molar refractivity (Wildman–Crippen MR) is 107 cm³/mol. The number of methoxy groups -OCH3 is 2. The zero-order chi connectivity index (χ0) is 20.4. The molecule has 3 aromatic rings. The Morgan fingerprint density at radius 1 is 1.17 bits per heavy atom. The Morgan fingerprint density at radius 3 is 2.76 bits per heavy atom.